The number of aromatic hydroxyl groups is 1. The highest BCUT2D eigenvalue weighted by Crippen LogP contribution is 2.30. The van der Waals surface area contributed by atoms with Gasteiger partial charge in [0.15, 0.2) is 23.0 Å². The van der Waals surface area contributed by atoms with Gasteiger partial charge in [-0.2, -0.15) is 8.78 Å². The minimum absolute atomic E-state index is 0.0198. The summed E-state index contributed by atoms with van der Waals surface area (Å²) in [5.41, 5.74) is 1.27. The second kappa shape index (κ2) is 8.86. The Morgan fingerprint density at radius 1 is 1.16 bits per heavy atom. The highest BCUT2D eigenvalue weighted by atomic mass is 19.3. The average molecular weight is 351 g/mol. The Hall–Kier alpha value is -2.83. The van der Waals surface area contributed by atoms with Crippen LogP contribution in [-0.4, -0.2) is 31.6 Å². The molecule has 0 aromatic heterocycles. The molecule has 0 bridgehead atoms. The minimum Gasteiger partial charge on any atom is -0.504 e. The van der Waals surface area contributed by atoms with E-state index in [1.807, 2.05) is 6.92 Å². The van der Waals surface area contributed by atoms with Gasteiger partial charge in [0.2, 0.25) is 0 Å². The van der Waals surface area contributed by atoms with E-state index in [-0.39, 0.29) is 23.8 Å². The first kappa shape index (κ1) is 18.5. The number of hydrogen-bond acceptors (Lipinski definition) is 5. The highest BCUT2D eigenvalue weighted by molar-refractivity contribution is 5.84. The summed E-state index contributed by atoms with van der Waals surface area (Å²) in [7, 11) is 1.37. The van der Waals surface area contributed by atoms with Crippen molar-refractivity contribution in [3.8, 4) is 23.0 Å². The van der Waals surface area contributed by atoms with Gasteiger partial charge in [0.25, 0.3) is 0 Å². The Morgan fingerprint density at radius 3 is 2.64 bits per heavy atom. The van der Waals surface area contributed by atoms with E-state index in [9.17, 15) is 13.9 Å². The van der Waals surface area contributed by atoms with Crippen LogP contribution in [-0.2, 0) is 6.54 Å². The number of benzene rings is 2. The lowest BCUT2D eigenvalue weighted by molar-refractivity contribution is -0.0512. The van der Waals surface area contributed by atoms with E-state index in [0.717, 1.165) is 5.56 Å². The molecule has 0 fully saturated rings. The smallest absolute Gasteiger partial charge is 0.387 e. The fraction of sp³-hybridized carbons (Fsp3) is 0.278. The molecule has 1 N–H and O–H groups in total. The SMILES string of the molecule is CCOc1cccc(C=NCc2ccc(OC(F)F)c(OC)c2)c1O. The summed E-state index contributed by atoms with van der Waals surface area (Å²) in [4.78, 5) is 4.25. The van der Waals surface area contributed by atoms with Crippen molar-refractivity contribution in [1.29, 1.82) is 0 Å². The van der Waals surface area contributed by atoms with Gasteiger partial charge in [0.1, 0.15) is 0 Å². The molecule has 2 aromatic rings. The first-order valence-electron chi connectivity index (χ1n) is 7.61. The van der Waals surface area contributed by atoms with Gasteiger partial charge in [0.05, 0.1) is 20.3 Å². The van der Waals surface area contributed by atoms with E-state index in [4.69, 9.17) is 9.47 Å². The maximum absolute atomic E-state index is 12.3. The first-order chi connectivity index (χ1) is 12.0. The van der Waals surface area contributed by atoms with Gasteiger partial charge in [-0.05, 0) is 36.8 Å². The molecule has 0 heterocycles. The monoisotopic (exact) mass is 351 g/mol. The molecule has 7 heteroatoms. The lowest BCUT2D eigenvalue weighted by atomic mass is 10.2. The summed E-state index contributed by atoms with van der Waals surface area (Å²) in [5, 5.41) is 10.1. The van der Waals surface area contributed by atoms with Crippen LogP contribution in [0, 0.1) is 0 Å². The Labute approximate surface area is 144 Å². The number of nitrogens with zero attached hydrogens (tertiary/aromatic N) is 1. The minimum atomic E-state index is -2.92. The topological polar surface area (TPSA) is 60.3 Å². The molecule has 0 aliphatic carbocycles. The predicted octanol–water partition coefficient (Wildman–Crippen LogP) is 4.02. The van der Waals surface area contributed by atoms with Crippen LogP contribution in [0.4, 0.5) is 8.78 Å². The maximum atomic E-state index is 12.3. The van der Waals surface area contributed by atoms with Gasteiger partial charge >= 0.3 is 6.61 Å². The molecular weight excluding hydrogens is 332 g/mol. The zero-order valence-corrected chi connectivity index (χ0v) is 13.9. The van der Waals surface area contributed by atoms with Crippen LogP contribution in [0.2, 0.25) is 0 Å². The molecule has 134 valence electrons. The van der Waals surface area contributed by atoms with Crippen molar-refractivity contribution in [2.45, 2.75) is 20.1 Å². The Kier molecular flexibility index (Phi) is 6.56. The summed E-state index contributed by atoms with van der Waals surface area (Å²) in [6.45, 7) is -0.363. The highest BCUT2D eigenvalue weighted by Gasteiger charge is 2.11. The maximum Gasteiger partial charge on any atom is 0.387 e. The molecule has 0 aliphatic heterocycles. The van der Waals surface area contributed by atoms with Gasteiger partial charge in [-0.15, -0.1) is 0 Å². The van der Waals surface area contributed by atoms with Crippen molar-refractivity contribution in [3.63, 3.8) is 0 Å². The predicted molar refractivity (Wildman–Crippen MR) is 90.2 cm³/mol. The van der Waals surface area contributed by atoms with Crippen molar-refractivity contribution in [1.82, 2.24) is 0 Å². The lowest BCUT2D eigenvalue weighted by Gasteiger charge is -2.10. The number of phenolic OH excluding ortho intramolecular Hbond substituents is 1. The van der Waals surface area contributed by atoms with Crippen molar-refractivity contribution in [2.75, 3.05) is 13.7 Å². The third-order valence-electron chi connectivity index (χ3n) is 3.28. The molecule has 25 heavy (non-hydrogen) atoms. The number of rotatable bonds is 8. The molecule has 0 atom stereocenters. The zero-order valence-electron chi connectivity index (χ0n) is 13.9. The van der Waals surface area contributed by atoms with Gasteiger partial charge in [0, 0.05) is 11.8 Å². The molecule has 2 rings (SSSR count). The number of ether oxygens (including phenoxy) is 3. The summed E-state index contributed by atoms with van der Waals surface area (Å²) in [6.07, 6.45) is 1.52. The second-order valence-electron chi connectivity index (χ2n) is 4.96. The number of para-hydroxylation sites is 1. The Bertz CT molecular complexity index is 735. The average Bonchev–Trinajstić information content (AvgIpc) is 2.59. The number of methoxy groups -OCH3 is 1. The Morgan fingerprint density at radius 2 is 1.96 bits per heavy atom. The summed E-state index contributed by atoms with van der Waals surface area (Å²) in [5.74, 6) is 0.578. The first-order valence-corrected chi connectivity index (χ1v) is 7.61. The van der Waals surface area contributed by atoms with E-state index in [1.165, 1.54) is 19.4 Å². The van der Waals surface area contributed by atoms with Crippen LogP contribution in [0.15, 0.2) is 41.4 Å². The number of aliphatic imine (C=N–C) groups is 1. The van der Waals surface area contributed by atoms with E-state index < -0.39 is 6.61 Å². The molecule has 5 nitrogen and oxygen atoms in total. The fourth-order valence-electron chi connectivity index (χ4n) is 2.17. The van der Waals surface area contributed by atoms with Crippen LogP contribution in [0.5, 0.6) is 23.0 Å². The summed E-state index contributed by atoms with van der Waals surface area (Å²) in [6, 6.07) is 9.73. The van der Waals surface area contributed by atoms with Crippen molar-refractivity contribution >= 4 is 6.21 Å². The standard InChI is InChI=1S/C18H19F2NO4/c1-3-24-15-6-4-5-13(17(15)22)11-21-10-12-7-8-14(25-18(19)20)16(9-12)23-2/h4-9,11,18,22H,3,10H2,1-2H3. The van der Waals surface area contributed by atoms with E-state index in [0.29, 0.717) is 17.9 Å². The molecule has 0 aliphatic rings. The zero-order chi connectivity index (χ0) is 18.2. The Balaban J connectivity index is 2.11. The van der Waals surface area contributed by atoms with Crippen molar-refractivity contribution < 1.29 is 28.1 Å². The summed E-state index contributed by atoms with van der Waals surface area (Å²) >= 11 is 0. The van der Waals surface area contributed by atoms with Crippen LogP contribution in [0.1, 0.15) is 18.1 Å². The van der Waals surface area contributed by atoms with Crippen molar-refractivity contribution in [2.24, 2.45) is 4.99 Å². The van der Waals surface area contributed by atoms with Crippen LogP contribution < -0.4 is 14.2 Å². The molecule has 0 saturated carbocycles. The van der Waals surface area contributed by atoms with E-state index in [2.05, 4.69) is 9.73 Å². The van der Waals surface area contributed by atoms with Gasteiger partial charge in [-0.3, -0.25) is 4.99 Å². The molecule has 0 amide bonds. The molecule has 2 aromatic carbocycles. The summed E-state index contributed by atoms with van der Waals surface area (Å²) < 4.78 is 39.4. The normalized spacial score (nSPS) is 11.1. The fourth-order valence-corrected chi connectivity index (χ4v) is 2.17. The third-order valence-corrected chi connectivity index (χ3v) is 3.28. The van der Waals surface area contributed by atoms with Crippen LogP contribution in [0.25, 0.3) is 0 Å². The molecule has 0 unspecified atom stereocenters. The lowest BCUT2D eigenvalue weighted by Crippen LogP contribution is -2.03. The molecular formula is C18H19F2NO4. The van der Waals surface area contributed by atoms with Gasteiger partial charge in [-0.1, -0.05) is 12.1 Å². The largest absolute Gasteiger partial charge is 0.504 e. The number of hydrogen-bond donors (Lipinski definition) is 1. The molecule has 0 radical (unpaired) electrons. The van der Waals surface area contributed by atoms with E-state index >= 15 is 0 Å². The van der Waals surface area contributed by atoms with Crippen molar-refractivity contribution in [3.05, 3.63) is 47.5 Å². The van der Waals surface area contributed by atoms with Crippen LogP contribution in [0.3, 0.4) is 0 Å². The molecule has 0 spiro atoms. The third kappa shape index (κ3) is 5.07. The quantitative estimate of drug-likeness (QED) is 0.730. The number of alkyl halides is 2. The van der Waals surface area contributed by atoms with Crippen LogP contribution >= 0.6 is 0 Å². The van der Waals surface area contributed by atoms with E-state index in [1.54, 1.807) is 30.3 Å². The van der Waals surface area contributed by atoms with Gasteiger partial charge in [-0.25, -0.2) is 0 Å². The second-order valence-corrected chi connectivity index (χ2v) is 4.96. The van der Waals surface area contributed by atoms with Gasteiger partial charge < -0.3 is 19.3 Å². The number of halogens is 2. The molecule has 0 saturated heterocycles. The number of phenols is 1.